The molecule has 7 heteroatoms. The molecular formula is C24H25N3O4. The molecule has 0 unspecified atom stereocenters. The minimum absolute atomic E-state index is 0.260. The molecule has 160 valence electrons. The molecule has 3 aromatic rings. The number of benzene rings is 3. The standard InChI is InChI=1S/C24H25N3O4/c1-29-20-14-13-19(15-21(20)30-2)26-22(28)16-31-27-24(25)23(17-9-5-3-6-10-17)18-11-7-4-8-12-18/h3-15,23H,16H2,1-2H3,(H2,25,27)(H,26,28). The summed E-state index contributed by atoms with van der Waals surface area (Å²) in [5.74, 6) is 0.686. The maximum atomic E-state index is 12.2. The minimum atomic E-state index is -0.375. The van der Waals surface area contributed by atoms with Crippen molar-refractivity contribution in [2.45, 2.75) is 5.92 Å². The van der Waals surface area contributed by atoms with Crippen LogP contribution in [0.2, 0.25) is 0 Å². The number of amides is 1. The maximum absolute atomic E-state index is 12.2. The Morgan fingerprint density at radius 3 is 2.03 bits per heavy atom. The molecular weight excluding hydrogens is 394 g/mol. The van der Waals surface area contributed by atoms with Gasteiger partial charge in [-0.1, -0.05) is 65.8 Å². The summed E-state index contributed by atoms with van der Waals surface area (Å²) in [7, 11) is 3.07. The van der Waals surface area contributed by atoms with Gasteiger partial charge in [0.1, 0.15) is 0 Å². The van der Waals surface area contributed by atoms with Gasteiger partial charge in [0.2, 0.25) is 0 Å². The number of hydrogen-bond acceptors (Lipinski definition) is 5. The first-order chi connectivity index (χ1) is 15.1. The average Bonchev–Trinajstić information content (AvgIpc) is 2.80. The smallest absolute Gasteiger partial charge is 0.265 e. The van der Waals surface area contributed by atoms with Crippen LogP contribution in [0.3, 0.4) is 0 Å². The number of hydrogen-bond donors (Lipinski definition) is 2. The van der Waals surface area contributed by atoms with Gasteiger partial charge in [-0.3, -0.25) is 4.79 Å². The molecule has 0 atom stereocenters. The number of oxime groups is 1. The molecule has 1 amide bonds. The Morgan fingerprint density at radius 1 is 0.903 bits per heavy atom. The Morgan fingerprint density at radius 2 is 1.48 bits per heavy atom. The third-order valence-corrected chi connectivity index (χ3v) is 4.59. The highest BCUT2D eigenvalue weighted by Crippen LogP contribution is 2.29. The monoisotopic (exact) mass is 419 g/mol. The number of carbonyl (C=O) groups excluding carboxylic acids is 1. The summed E-state index contributed by atoms with van der Waals surface area (Å²) in [5.41, 5.74) is 8.76. The zero-order valence-electron chi connectivity index (χ0n) is 17.4. The summed E-state index contributed by atoms with van der Waals surface area (Å²) in [6.07, 6.45) is 0. The Labute approximate surface area is 181 Å². The number of anilines is 1. The van der Waals surface area contributed by atoms with Gasteiger partial charge in [-0.15, -0.1) is 0 Å². The molecule has 31 heavy (non-hydrogen) atoms. The molecule has 3 aromatic carbocycles. The molecule has 0 aromatic heterocycles. The molecule has 0 fully saturated rings. The fourth-order valence-electron chi connectivity index (χ4n) is 3.15. The molecule has 0 aliphatic heterocycles. The third kappa shape index (κ3) is 5.76. The van der Waals surface area contributed by atoms with Crippen LogP contribution in [-0.2, 0) is 9.63 Å². The zero-order valence-corrected chi connectivity index (χ0v) is 17.4. The average molecular weight is 419 g/mol. The molecule has 0 saturated heterocycles. The van der Waals surface area contributed by atoms with E-state index in [0.717, 1.165) is 11.1 Å². The summed E-state index contributed by atoms with van der Waals surface area (Å²) in [4.78, 5) is 17.5. The van der Waals surface area contributed by atoms with E-state index < -0.39 is 0 Å². The van der Waals surface area contributed by atoms with Crippen LogP contribution in [0.5, 0.6) is 11.5 Å². The molecule has 3 rings (SSSR count). The van der Waals surface area contributed by atoms with Crippen molar-refractivity contribution in [3.8, 4) is 11.5 Å². The lowest BCUT2D eigenvalue weighted by atomic mass is 9.90. The molecule has 0 saturated carbocycles. The highest BCUT2D eigenvalue weighted by molar-refractivity contribution is 5.92. The zero-order chi connectivity index (χ0) is 22.1. The molecule has 7 nitrogen and oxygen atoms in total. The van der Waals surface area contributed by atoms with Crippen molar-refractivity contribution in [3.63, 3.8) is 0 Å². The van der Waals surface area contributed by atoms with E-state index in [1.807, 2.05) is 60.7 Å². The van der Waals surface area contributed by atoms with E-state index in [0.29, 0.717) is 17.2 Å². The predicted octanol–water partition coefficient (Wildman–Crippen LogP) is 3.76. The van der Waals surface area contributed by atoms with Gasteiger partial charge in [-0.05, 0) is 23.3 Å². The maximum Gasteiger partial charge on any atom is 0.265 e. The Kier molecular flexibility index (Phi) is 7.48. The van der Waals surface area contributed by atoms with Gasteiger partial charge < -0.3 is 25.4 Å². The van der Waals surface area contributed by atoms with E-state index in [-0.39, 0.29) is 24.3 Å². The number of methoxy groups -OCH3 is 2. The van der Waals surface area contributed by atoms with Crippen LogP contribution >= 0.6 is 0 Å². The molecule has 0 heterocycles. The molecule has 0 spiro atoms. The van der Waals surface area contributed by atoms with Crippen LogP contribution < -0.4 is 20.5 Å². The van der Waals surface area contributed by atoms with Crippen LogP contribution in [0.25, 0.3) is 0 Å². The Hall–Kier alpha value is -4.00. The lowest BCUT2D eigenvalue weighted by molar-refractivity contribution is -0.120. The molecule has 0 aliphatic rings. The van der Waals surface area contributed by atoms with Crippen LogP contribution in [0, 0.1) is 0 Å². The van der Waals surface area contributed by atoms with Crippen molar-refractivity contribution < 1.29 is 19.1 Å². The quantitative estimate of drug-likeness (QED) is 0.313. The van der Waals surface area contributed by atoms with Crippen LogP contribution in [-0.4, -0.2) is 32.6 Å². The van der Waals surface area contributed by atoms with Crippen molar-refractivity contribution in [3.05, 3.63) is 90.0 Å². The van der Waals surface area contributed by atoms with Crippen molar-refractivity contribution >= 4 is 17.4 Å². The van der Waals surface area contributed by atoms with Gasteiger partial charge >= 0.3 is 0 Å². The highest BCUT2D eigenvalue weighted by Gasteiger charge is 2.19. The second-order valence-corrected chi connectivity index (χ2v) is 6.66. The largest absolute Gasteiger partial charge is 0.493 e. The van der Waals surface area contributed by atoms with E-state index in [1.165, 1.54) is 7.11 Å². The fourth-order valence-corrected chi connectivity index (χ4v) is 3.15. The normalized spacial score (nSPS) is 11.1. The highest BCUT2D eigenvalue weighted by atomic mass is 16.6. The number of nitrogens with zero attached hydrogens (tertiary/aromatic N) is 1. The topological polar surface area (TPSA) is 95.2 Å². The van der Waals surface area contributed by atoms with E-state index in [9.17, 15) is 4.79 Å². The lowest BCUT2D eigenvalue weighted by Gasteiger charge is -2.17. The number of carbonyl (C=O) groups is 1. The van der Waals surface area contributed by atoms with Crippen molar-refractivity contribution in [1.29, 1.82) is 0 Å². The van der Waals surface area contributed by atoms with Gasteiger partial charge in [0, 0.05) is 11.8 Å². The van der Waals surface area contributed by atoms with Crippen molar-refractivity contribution in [2.75, 3.05) is 26.1 Å². The fraction of sp³-hybridized carbons (Fsp3) is 0.167. The summed E-state index contributed by atoms with van der Waals surface area (Å²) in [6, 6.07) is 24.6. The first kappa shape index (κ1) is 21.7. The Balaban J connectivity index is 1.66. The van der Waals surface area contributed by atoms with Crippen LogP contribution in [0.4, 0.5) is 5.69 Å². The summed E-state index contributed by atoms with van der Waals surface area (Å²) >= 11 is 0. The summed E-state index contributed by atoms with van der Waals surface area (Å²) < 4.78 is 10.4. The first-order valence-corrected chi connectivity index (χ1v) is 9.69. The second kappa shape index (κ2) is 10.7. The number of nitrogens with two attached hydrogens (primary N) is 1. The first-order valence-electron chi connectivity index (χ1n) is 9.69. The van der Waals surface area contributed by atoms with Crippen molar-refractivity contribution in [2.24, 2.45) is 10.9 Å². The van der Waals surface area contributed by atoms with E-state index in [4.69, 9.17) is 20.0 Å². The van der Waals surface area contributed by atoms with E-state index in [2.05, 4.69) is 10.5 Å². The Bertz CT molecular complexity index is 984. The van der Waals surface area contributed by atoms with Crippen LogP contribution in [0.1, 0.15) is 17.0 Å². The third-order valence-electron chi connectivity index (χ3n) is 4.59. The van der Waals surface area contributed by atoms with Crippen molar-refractivity contribution in [1.82, 2.24) is 0 Å². The molecule has 3 N–H and O–H groups in total. The number of ether oxygens (including phenoxy) is 2. The second-order valence-electron chi connectivity index (χ2n) is 6.66. The lowest BCUT2D eigenvalue weighted by Crippen LogP contribution is -2.24. The molecule has 0 radical (unpaired) electrons. The molecule has 0 aliphatic carbocycles. The van der Waals surface area contributed by atoms with E-state index in [1.54, 1.807) is 25.3 Å². The number of amidine groups is 1. The SMILES string of the molecule is COc1ccc(NC(=O)CO/N=C(/N)C(c2ccccc2)c2ccccc2)cc1OC. The number of nitrogens with one attached hydrogen (secondary N) is 1. The van der Waals surface area contributed by atoms with Gasteiger partial charge in [-0.25, -0.2) is 0 Å². The van der Waals surface area contributed by atoms with E-state index >= 15 is 0 Å². The summed E-state index contributed by atoms with van der Waals surface area (Å²) in [6.45, 7) is -0.286. The van der Waals surface area contributed by atoms with Gasteiger partial charge in [-0.2, -0.15) is 0 Å². The van der Waals surface area contributed by atoms with Gasteiger partial charge in [0.05, 0.1) is 20.1 Å². The summed E-state index contributed by atoms with van der Waals surface area (Å²) in [5, 5.41) is 6.73. The van der Waals surface area contributed by atoms with Gasteiger partial charge in [0.15, 0.2) is 23.9 Å². The van der Waals surface area contributed by atoms with Gasteiger partial charge in [0.25, 0.3) is 5.91 Å². The minimum Gasteiger partial charge on any atom is -0.493 e. The van der Waals surface area contributed by atoms with Crippen LogP contribution in [0.15, 0.2) is 84.0 Å². The number of rotatable bonds is 9. The molecule has 0 bridgehead atoms. The predicted molar refractivity (Wildman–Crippen MR) is 120 cm³/mol.